The number of benzene rings is 3. The molecule has 1 unspecified atom stereocenters. The van der Waals surface area contributed by atoms with Crippen molar-refractivity contribution in [3.05, 3.63) is 96.1 Å². The molecule has 8 nitrogen and oxygen atoms in total. The fourth-order valence-electron chi connectivity index (χ4n) is 6.46. The highest BCUT2D eigenvalue weighted by atomic mass is 32.2. The van der Waals surface area contributed by atoms with E-state index in [2.05, 4.69) is 83.9 Å². The Morgan fingerprint density at radius 2 is 1.71 bits per heavy atom. The number of fused-ring (bicyclic) bond motifs is 1. The van der Waals surface area contributed by atoms with Gasteiger partial charge in [-0.05, 0) is 109 Å². The van der Waals surface area contributed by atoms with Gasteiger partial charge in [-0.2, -0.15) is 0 Å². The van der Waals surface area contributed by atoms with Crippen LogP contribution < -0.4 is 15.0 Å². The van der Waals surface area contributed by atoms with Crippen LogP contribution in [0.4, 0.5) is 11.4 Å². The molecule has 278 valence electrons. The molecule has 1 aromatic heterocycles. The molecule has 2 heterocycles. The normalized spacial score (nSPS) is 15.1. The minimum Gasteiger partial charge on any atom is -0.491 e. The maximum atomic E-state index is 13.9. The third-order valence-corrected chi connectivity index (χ3v) is 10.5. The predicted octanol–water partition coefficient (Wildman–Crippen LogP) is 9.52. The van der Waals surface area contributed by atoms with Crippen molar-refractivity contribution in [3.8, 4) is 16.9 Å². The molecule has 1 N–H and O–H groups in total. The molecule has 5 rings (SSSR count). The monoisotopic (exact) mass is 724 g/mol. The van der Waals surface area contributed by atoms with Crippen molar-refractivity contribution in [2.75, 3.05) is 43.1 Å². The first-order valence-corrected chi connectivity index (χ1v) is 20.4. The molecule has 1 aliphatic heterocycles. The van der Waals surface area contributed by atoms with Gasteiger partial charge in [0.1, 0.15) is 12.4 Å². The first-order chi connectivity index (χ1) is 25.3. The fraction of sp³-hybridized carbons (Fsp3) is 0.442. The second kappa shape index (κ2) is 20.1. The second-order valence-corrected chi connectivity index (χ2v) is 15.4. The summed E-state index contributed by atoms with van der Waals surface area (Å²) in [6.07, 6.45) is 12.6. The van der Waals surface area contributed by atoms with Gasteiger partial charge in [0.15, 0.2) is 0 Å². The number of rotatable bonds is 17. The molecule has 0 bridgehead atoms. The van der Waals surface area contributed by atoms with E-state index in [4.69, 9.17) is 9.47 Å². The van der Waals surface area contributed by atoms with E-state index >= 15 is 0 Å². The summed E-state index contributed by atoms with van der Waals surface area (Å²) in [5, 5.41) is 3.13. The van der Waals surface area contributed by atoms with Gasteiger partial charge in [0.25, 0.3) is 5.91 Å². The molecule has 4 aromatic rings. The van der Waals surface area contributed by atoms with Crippen LogP contribution in [-0.2, 0) is 32.6 Å². The highest BCUT2D eigenvalue weighted by molar-refractivity contribution is 7.84. The Kier molecular flexibility index (Phi) is 15.1. The van der Waals surface area contributed by atoms with Crippen LogP contribution in [0.15, 0.2) is 89.7 Å². The van der Waals surface area contributed by atoms with Gasteiger partial charge in [0, 0.05) is 54.3 Å². The van der Waals surface area contributed by atoms with Gasteiger partial charge in [-0.25, -0.2) is 4.98 Å². The zero-order chi connectivity index (χ0) is 36.7. The zero-order valence-corrected chi connectivity index (χ0v) is 32.3. The van der Waals surface area contributed by atoms with E-state index in [0.29, 0.717) is 37.0 Å². The van der Waals surface area contributed by atoms with Crippen molar-refractivity contribution in [1.82, 2.24) is 9.55 Å². The standard InChI is InChI=1S/C43H56N4O4S/c1-5-7-24-50-25-26-51-40-17-12-34(13-18-40)35-14-21-42-37(27-35)28-36(11-9-8-10-23-46(42)30-33(3)4)43(48)45-38-15-19-41(20-16-38)52(49)31-39-29-44-32-47(39)22-6-2/h12-21,27-29,32-33H,5-11,22-26,30-31H2,1-4H3,(H,45,48)/b36-28+. The van der Waals surface area contributed by atoms with Gasteiger partial charge in [0.2, 0.25) is 0 Å². The predicted molar refractivity (Wildman–Crippen MR) is 214 cm³/mol. The number of carbonyl (C=O) groups excluding carboxylic acids is 1. The molecule has 1 aliphatic rings. The lowest BCUT2D eigenvalue weighted by Gasteiger charge is -2.29. The van der Waals surface area contributed by atoms with Crippen molar-refractivity contribution >= 4 is 34.2 Å². The molecule has 0 spiro atoms. The molecule has 1 atom stereocenters. The molecule has 0 fully saturated rings. The summed E-state index contributed by atoms with van der Waals surface area (Å²) >= 11 is 0. The summed E-state index contributed by atoms with van der Waals surface area (Å²) in [4.78, 5) is 21.3. The van der Waals surface area contributed by atoms with Crippen molar-refractivity contribution in [2.45, 2.75) is 89.8 Å². The van der Waals surface area contributed by atoms with Gasteiger partial charge in [-0.3, -0.25) is 9.00 Å². The van der Waals surface area contributed by atoms with Crippen molar-refractivity contribution in [1.29, 1.82) is 0 Å². The van der Waals surface area contributed by atoms with E-state index in [0.717, 1.165) is 109 Å². The zero-order valence-electron chi connectivity index (χ0n) is 31.4. The number of unbranched alkanes of at least 4 members (excludes halogenated alkanes) is 1. The Balaban J connectivity index is 1.34. The van der Waals surface area contributed by atoms with Crippen LogP contribution in [0, 0.1) is 5.92 Å². The molecule has 0 radical (unpaired) electrons. The molecular weight excluding hydrogens is 669 g/mol. The van der Waals surface area contributed by atoms with Crippen LogP contribution in [0.3, 0.4) is 0 Å². The third-order valence-electron chi connectivity index (χ3n) is 9.19. The number of imidazole rings is 1. The minimum atomic E-state index is -1.22. The fourth-order valence-corrected chi connectivity index (χ4v) is 7.58. The smallest absolute Gasteiger partial charge is 0.251 e. The van der Waals surface area contributed by atoms with Gasteiger partial charge in [0.05, 0.1) is 35.2 Å². The second-order valence-electron chi connectivity index (χ2n) is 14.0. The topological polar surface area (TPSA) is 85.7 Å². The Bertz CT molecular complexity index is 1760. The van der Waals surface area contributed by atoms with Crippen LogP contribution in [0.1, 0.15) is 83.9 Å². The molecule has 1 amide bonds. The highest BCUT2D eigenvalue weighted by Crippen LogP contribution is 2.33. The number of nitrogens with one attached hydrogen (secondary N) is 1. The molecule has 0 saturated heterocycles. The quantitative estimate of drug-likeness (QED) is 0.109. The van der Waals surface area contributed by atoms with E-state index in [1.54, 1.807) is 12.5 Å². The lowest BCUT2D eigenvalue weighted by molar-refractivity contribution is -0.112. The highest BCUT2D eigenvalue weighted by Gasteiger charge is 2.18. The van der Waals surface area contributed by atoms with Crippen LogP contribution in [0.2, 0.25) is 0 Å². The van der Waals surface area contributed by atoms with E-state index in [1.807, 2.05) is 36.4 Å². The average molecular weight is 725 g/mol. The van der Waals surface area contributed by atoms with Crippen molar-refractivity contribution in [3.63, 3.8) is 0 Å². The Morgan fingerprint density at radius 3 is 2.46 bits per heavy atom. The van der Waals surface area contributed by atoms with Crippen LogP contribution in [0.25, 0.3) is 17.2 Å². The van der Waals surface area contributed by atoms with Crippen molar-refractivity contribution < 1.29 is 18.5 Å². The summed E-state index contributed by atoms with van der Waals surface area (Å²) in [6, 6.07) is 22.2. The van der Waals surface area contributed by atoms with Gasteiger partial charge in [-0.15, -0.1) is 0 Å². The Morgan fingerprint density at radius 1 is 0.923 bits per heavy atom. The van der Waals surface area contributed by atoms with E-state index in [-0.39, 0.29) is 5.91 Å². The molecule has 9 heteroatoms. The van der Waals surface area contributed by atoms with E-state index in [1.165, 1.54) is 0 Å². The number of aryl methyl sites for hydroxylation is 1. The number of carbonyl (C=O) groups is 1. The maximum absolute atomic E-state index is 13.9. The molecule has 0 saturated carbocycles. The summed E-state index contributed by atoms with van der Waals surface area (Å²) in [7, 11) is -1.22. The first-order valence-electron chi connectivity index (χ1n) is 19.0. The number of nitrogens with zero attached hydrogens (tertiary/aromatic N) is 3. The summed E-state index contributed by atoms with van der Waals surface area (Å²) in [5.41, 5.74) is 6.78. The van der Waals surface area contributed by atoms with Crippen LogP contribution in [-0.4, -0.2) is 52.6 Å². The average Bonchev–Trinajstić information content (AvgIpc) is 3.58. The number of anilines is 2. The lowest BCUT2D eigenvalue weighted by Crippen LogP contribution is -2.29. The number of amides is 1. The largest absolute Gasteiger partial charge is 0.491 e. The Labute approximate surface area is 313 Å². The van der Waals surface area contributed by atoms with Gasteiger partial charge in [-0.1, -0.05) is 58.7 Å². The number of hydrogen-bond acceptors (Lipinski definition) is 6. The molecule has 0 aliphatic carbocycles. The van der Waals surface area contributed by atoms with E-state index < -0.39 is 10.8 Å². The van der Waals surface area contributed by atoms with Crippen LogP contribution >= 0.6 is 0 Å². The molecular formula is C43H56N4O4S. The SMILES string of the molecule is CCCCOCCOc1ccc(-c2ccc3c(c2)/C=C(/C(=O)Nc2ccc(S(=O)Cc4cncn4CCC)cc2)CCCCCN3CC(C)C)cc1. The summed E-state index contributed by atoms with van der Waals surface area (Å²) < 4.78 is 26.8. The van der Waals surface area contributed by atoms with Gasteiger partial charge < -0.3 is 24.3 Å². The lowest BCUT2D eigenvalue weighted by atomic mass is 9.96. The number of aromatic nitrogens is 2. The third kappa shape index (κ3) is 11.4. The van der Waals surface area contributed by atoms with Gasteiger partial charge >= 0.3 is 0 Å². The maximum Gasteiger partial charge on any atom is 0.251 e. The summed E-state index contributed by atoms with van der Waals surface area (Å²) in [5.74, 6) is 1.62. The molecule has 52 heavy (non-hydrogen) atoms. The van der Waals surface area contributed by atoms with E-state index in [9.17, 15) is 9.00 Å². The summed E-state index contributed by atoms with van der Waals surface area (Å²) in [6.45, 7) is 13.5. The first kappa shape index (κ1) is 39.0. The number of hydrogen-bond donors (Lipinski definition) is 1. The molecule has 3 aromatic carbocycles. The van der Waals surface area contributed by atoms with Crippen LogP contribution in [0.5, 0.6) is 5.75 Å². The number of ether oxygens (including phenoxy) is 2. The minimum absolute atomic E-state index is 0.107. The van der Waals surface area contributed by atoms with Crippen molar-refractivity contribution in [2.24, 2.45) is 5.92 Å². The Hall–Kier alpha value is -4.21.